The largest absolute Gasteiger partial charge is 0.495 e. The Morgan fingerprint density at radius 2 is 2.25 bits per heavy atom. The van der Waals surface area contributed by atoms with Gasteiger partial charge < -0.3 is 15.4 Å². The van der Waals surface area contributed by atoms with Crippen LogP contribution in [0.2, 0.25) is 5.02 Å². The Morgan fingerprint density at radius 1 is 1.50 bits per heavy atom. The van der Waals surface area contributed by atoms with Gasteiger partial charge in [-0.2, -0.15) is 0 Å². The molecule has 8 heteroatoms. The minimum Gasteiger partial charge on any atom is -0.495 e. The van der Waals surface area contributed by atoms with Gasteiger partial charge in [0.15, 0.2) is 5.17 Å². The molecule has 0 spiro atoms. The molecule has 0 aromatic heterocycles. The lowest BCUT2D eigenvalue weighted by Gasteiger charge is -2.09. The molecule has 24 heavy (non-hydrogen) atoms. The molecule has 2 amide bonds. The van der Waals surface area contributed by atoms with Crippen molar-refractivity contribution in [3.63, 3.8) is 0 Å². The zero-order valence-electron chi connectivity index (χ0n) is 13.8. The molecule has 1 aromatic rings. The standard InChI is InChI=1S/C16H20ClN3O3S/c1-9(2)8-18-16-20-15(22)13(24-16)7-14(21)19-10-4-5-12(23-3)11(17)6-10/h4-6,9,13H,7-8H2,1-3H3,(H,19,21)(H,18,20,22)/t13-/m1/s1. The van der Waals surface area contributed by atoms with Gasteiger partial charge in [0.25, 0.3) is 0 Å². The molecule has 0 radical (unpaired) electrons. The van der Waals surface area contributed by atoms with E-state index in [-0.39, 0.29) is 18.2 Å². The molecule has 1 fully saturated rings. The summed E-state index contributed by atoms with van der Waals surface area (Å²) < 4.78 is 5.06. The zero-order chi connectivity index (χ0) is 17.7. The first-order valence-corrected chi connectivity index (χ1v) is 8.80. The molecule has 1 aromatic carbocycles. The number of methoxy groups -OCH3 is 1. The van der Waals surface area contributed by atoms with Crippen LogP contribution >= 0.6 is 23.4 Å². The molecule has 0 bridgehead atoms. The smallest absolute Gasteiger partial charge is 0.240 e. The lowest BCUT2D eigenvalue weighted by Crippen LogP contribution is -2.28. The van der Waals surface area contributed by atoms with E-state index in [9.17, 15) is 9.59 Å². The first-order chi connectivity index (χ1) is 11.4. The van der Waals surface area contributed by atoms with E-state index < -0.39 is 5.25 Å². The van der Waals surface area contributed by atoms with Crippen molar-refractivity contribution >= 4 is 46.0 Å². The van der Waals surface area contributed by atoms with Crippen LogP contribution < -0.4 is 15.4 Å². The molecule has 6 nitrogen and oxygen atoms in total. The van der Waals surface area contributed by atoms with E-state index in [1.165, 1.54) is 18.9 Å². The summed E-state index contributed by atoms with van der Waals surface area (Å²) in [5.41, 5.74) is 0.558. The van der Waals surface area contributed by atoms with E-state index in [0.29, 0.717) is 34.1 Å². The van der Waals surface area contributed by atoms with Crippen LogP contribution in [0.4, 0.5) is 5.69 Å². The van der Waals surface area contributed by atoms with Crippen LogP contribution in [0.15, 0.2) is 23.2 Å². The maximum Gasteiger partial charge on any atom is 0.240 e. The predicted octanol–water partition coefficient (Wildman–Crippen LogP) is 2.92. The maximum absolute atomic E-state index is 12.1. The number of anilines is 1. The highest BCUT2D eigenvalue weighted by molar-refractivity contribution is 8.15. The van der Waals surface area contributed by atoms with Crippen molar-refractivity contribution in [1.82, 2.24) is 5.32 Å². The first kappa shape index (κ1) is 18.6. The molecule has 0 saturated carbocycles. The van der Waals surface area contributed by atoms with Crippen molar-refractivity contribution in [2.75, 3.05) is 19.0 Å². The number of aliphatic imine (C=N–C) groups is 1. The summed E-state index contributed by atoms with van der Waals surface area (Å²) in [6.45, 7) is 4.75. The topological polar surface area (TPSA) is 79.8 Å². The lowest BCUT2D eigenvalue weighted by atomic mass is 10.2. The van der Waals surface area contributed by atoms with Crippen LogP contribution in [0.3, 0.4) is 0 Å². The third-order valence-corrected chi connectivity index (χ3v) is 4.60. The molecule has 1 aliphatic rings. The first-order valence-electron chi connectivity index (χ1n) is 7.54. The highest BCUT2D eigenvalue weighted by atomic mass is 35.5. The Balaban J connectivity index is 1.91. The number of carbonyl (C=O) groups is 2. The van der Waals surface area contributed by atoms with Gasteiger partial charge in [-0.15, -0.1) is 0 Å². The second-order valence-electron chi connectivity index (χ2n) is 5.74. The van der Waals surface area contributed by atoms with Crippen LogP contribution in [0.25, 0.3) is 0 Å². The van der Waals surface area contributed by atoms with Crippen molar-refractivity contribution in [3.05, 3.63) is 23.2 Å². The highest BCUT2D eigenvalue weighted by Gasteiger charge is 2.32. The van der Waals surface area contributed by atoms with Crippen LogP contribution in [-0.4, -0.2) is 35.9 Å². The summed E-state index contributed by atoms with van der Waals surface area (Å²) in [5.74, 6) is 0.503. The lowest BCUT2D eigenvalue weighted by molar-refractivity contribution is -0.122. The average Bonchev–Trinajstić information content (AvgIpc) is 2.85. The second kappa shape index (κ2) is 8.39. The van der Waals surface area contributed by atoms with E-state index in [1.54, 1.807) is 18.2 Å². The van der Waals surface area contributed by atoms with Crippen LogP contribution in [0.5, 0.6) is 5.75 Å². The van der Waals surface area contributed by atoms with Crippen molar-refractivity contribution in [3.8, 4) is 5.75 Å². The molecule has 0 unspecified atom stereocenters. The molecular weight excluding hydrogens is 350 g/mol. The van der Waals surface area contributed by atoms with Gasteiger partial charge in [0.1, 0.15) is 11.0 Å². The maximum atomic E-state index is 12.1. The molecule has 2 rings (SSSR count). The van der Waals surface area contributed by atoms with E-state index in [4.69, 9.17) is 16.3 Å². The fraction of sp³-hybridized carbons (Fsp3) is 0.438. The van der Waals surface area contributed by atoms with Crippen molar-refractivity contribution < 1.29 is 14.3 Å². The number of ether oxygens (including phenoxy) is 1. The molecule has 1 atom stereocenters. The molecule has 2 N–H and O–H groups in total. The van der Waals surface area contributed by atoms with Crippen LogP contribution in [0.1, 0.15) is 20.3 Å². The number of nitrogens with one attached hydrogen (secondary N) is 2. The summed E-state index contributed by atoms with van der Waals surface area (Å²) in [7, 11) is 1.52. The van der Waals surface area contributed by atoms with Gasteiger partial charge in [-0.1, -0.05) is 37.2 Å². The summed E-state index contributed by atoms with van der Waals surface area (Å²) in [5, 5.41) is 5.97. The molecular formula is C16H20ClN3O3S. The van der Waals surface area contributed by atoms with Crippen molar-refractivity contribution in [2.45, 2.75) is 25.5 Å². The number of benzene rings is 1. The predicted molar refractivity (Wildman–Crippen MR) is 97.9 cm³/mol. The number of amides is 2. The molecule has 1 aliphatic heterocycles. The summed E-state index contributed by atoms with van der Waals surface area (Å²) in [6, 6.07) is 4.97. The number of amidine groups is 1. The van der Waals surface area contributed by atoms with E-state index in [2.05, 4.69) is 29.5 Å². The number of thioether (sulfide) groups is 1. The van der Waals surface area contributed by atoms with Gasteiger partial charge in [0.05, 0.1) is 12.1 Å². The third kappa shape index (κ3) is 5.14. The monoisotopic (exact) mass is 369 g/mol. The summed E-state index contributed by atoms with van der Waals surface area (Å²) >= 11 is 7.32. The van der Waals surface area contributed by atoms with Gasteiger partial charge in [-0.05, 0) is 24.1 Å². The number of nitrogens with zero attached hydrogens (tertiary/aromatic N) is 1. The summed E-state index contributed by atoms with van der Waals surface area (Å²) in [4.78, 5) is 28.4. The fourth-order valence-corrected chi connectivity index (χ4v) is 3.24. The average molecular weight is 370 g/mol. The molecule has 1 heterocycles. The van der Waals surface area contributed by atoms with Crippen LogP contribution in [-0.2, 0) is 9.59 Å². The summed E-state index contributed by atoms with van der Waals surface area (Å²) in [6.07, 6.45) is 0.0703. The van der Waals surface area contributed by atoms with E-state index in [0.717, 1.165) is 0 Å². The Bertz CT molecular complexity index is 664. The Kier molecular flexibility index (Phi) is 6.51. The number of rotatable bonds is 6. The van der Waals surface area contributed by atoms with Gasteiger partial charge in [0.2, 0.25) is 11.8 Å². The Hall–Kier alpha value is -1.73. The fourth-order valence-electron chi connectivity index (χ4n) is 2.00. The SMILES string of the molecule is COc1ccc(NC(=O)C[C@H]2SC(=NCC(C)C)NC2=O)cc1Cl. The zero-order valence-corrected chi connectivity index (χ0v) is 15.3. The quantitative estimate of drug-likeness (QED) is 0.808. The van der Waals surface area contributed by atoms with Crippen molar-refractivity contribution in [2.24, 2.45) is 10.9 Å². The van der Waals surface area contributed by atoms with Crippen LogP contribution in [0, 0.1) is 5.92 Å². The van der Waals surface area contributed by atoms with Gasteiger partial charge >= 0.3 is 0 Å². The molecule has 1 saturated heterocycles. The van der Waals surface area contributed by atoms with Gasteiger partial charge in [0, 0.05) is 18.7 Å². The third-order valence-electron chi connectivity index (χ3n) is 3.18. The Labute approximate surface area is 150 Å². The minimum atomic E-state index is -0.468. The highest BCUT2D eigenvalue weighted by Crippen LogP contribution is 2.28. The van der Waals surface area contributed by atoms with E-state index >= 15 is 0 Å². The number of halogens is 1. The minimum absolute atomic E-state index is 0.0703. The second-order valence-corrected chi connectivity index (χ2v) is 7.34. The number of carbonyl (C=O) groups excluding carboxylic acids is 2. The normalized spacial score (nSPS) is 18.8. The number of hydrogen-bond donors (Lipinski definition) is 2. The Morgan fingerprint density at radius 3 is 2.88 bits per heavy atom. The van der Waals surface area contributed by atoms with Crippen molar-refractivity contribution in [1.29, 1.82) is 0 Å². The van der Waals surface area contributed by atoms with Gasteiger partial charge in [-0.25, -0.2) is 0 Å². The van der Waals surface area contributed by atoms with Gasteiger partial charge in [-0.3, -0.25) is 14.6 Å². The molecule has 0 aliphatic carbocycles. The molecule has 130 valence electrons. The van der Waals surface area contributed by atoms with E-state index in [1.807, 2.05) is 0 Å². The number of hydrogen-bond acceptors (Lipinski definition) is 5.